The molecule has 0 saturated carbocycles. The summed E-state index contributed by atoms with van der Waals surface area (Å²) in [5.41, 5.74) is 0.844. The smallest absolute Gasteiger partial charge is 0.335 e. The number of hydrogen-bond donors (Lipinski definition) is 2. The molecule has 0 saturated heterocycles. The molecule has 0 aliphatic carbocycles. The zero-order chi connectivity index (χ0) is 8.85. The third-order valence-electron chi connectivity index (χ3n) is 1.21. The number of carbonyl (C=O) groups is 1. The summed E-state index contributed by atoms with van der Waals surface area (Å²) < 4.78 is 0. The molecule has 3 heteroatoms. The van der Waals surface area contributed by atoms with E-state index in [1.807, 2.05) is 0 Å². The number of hydrogen-bond acceptors (Lipinski definition) is 2. The normalized spacial score (nSPS) is 13.4. The van der Waals surface area contributed by atoms with Crippen LogP contribution in [0.3, 0.4) is 0 Å². The van der Waals surface area contributed by atoms with Gasteiger partial charge in [0.1, 0.15) is 0 Å². The Morgan fingerprint density at radius 3 is 2.36 bits per heavy atom. The average molecular weight is 156 g/mol. The van der Waals surface area contributed by atoms with Gasteiger partial charge < -0.3 is 10.2 Å². The summed E-state index contributed by atoms with van der Waals surface area (Å²) >= 11 is 0. The zero-order valence-corrected chi connectivity index (χ0v) is 6.66. The molecule has 2 N–H and O–H groups in total. The Bertz CT molecular complexity index is 201. The molecule has 0 bridgehead atoms. The van der Waals surface area contributed by atoms with E-state index >= 15 is 0 Å². The van der Waals surface area contributed by atoms with E-state index in [0.717, 1.165) is 0 Å². The second-order valence-corrected chi connectivity index (χ2v) is 2.20. The molecule has 0 aromatic heterocycles. The number of aliphatic hydroxyl groups excluding tert-OH is 1. The second kappa shape index (κ2) is 4.68. The number of aliphatic carboxylic acids is 1. The molecule has 0 aliphatic rings. The highest BCUT2D eigenvalue weighted by molar-refractivity contribution is 5.89. The first-order valence-electron chi connectivity index (χ1n) is 3.29. The van der Waals surface area contributed by atoms with Crippen molar-refractivity contribution in [2.24, 2.45) is 0 Å². The maximum atomic E-state index is 10.4. The Balaban J connectivity index is 4.45. The SMILES string of the molecule is CC=C(C=C(C)CO)C(=O)O. The highest BCUT2D eigenvalue weighted by Crippen LogP contribution is 2.01. The molecular formula is C8H12O3. The molecule has 0 radical (unpaired) electrons. The molecule has 0 amide bonds. The first kappa shape index (κ1) is 9.91. The van der Waals surface area contributed by atoms with Gasteiger partial charge in [-0.1, -0.05) is 6.08 Å². The van der Waals surface area contributed by atoms with Gasteiger partial charge in [-0.3, -0.25) is 0 Å². The standard InChI is InChI=1S/C8H12O3/c1-3-7(8(10)11)4-6(2)5-9/h3-4,9H,5H2,1-2H3,(H,10,11). The topological polar surface area (TPSA) is 57.5 Å². The Hall–Kier alpha value is -1.09. The number of carboxylic acids is 1. The highest BCUT2D eigenvalue weighted by atomic mass is 16.4. The summed E-state index contributed by atoms with van der Waals surface area (Å²) in [5, 5.41) is 17.1. The van der Waals surface area contributed by atoms with Crippen LogP contribution < -0.4 is 0 Å². The van der Waals surface area contributed by atoms with Crippen LogP contribution >= 0.6 is 0 Å². The van der Waals surface area contributed by atoms with Crippen molar-refractivity contribution in [3.63, 3.8) is 0 Å². The Morgan fingerprint density at radius 2 is 2.09 bits per heavy atom. The van der Waals surface area contributed by atoms with Crippen LogP contribution in [0, 0.1) is 0 Å². The van der Waals surface area contributed by atoms with Gasteiger partial charge in [0, 0.05) is 0 Å². The van der Waals surface area contributed by atoms with Crippen molar-refractivity contribution in [3.8, 4) is 0 Å². The van der Waals surface area contributed by atoms with Crippen LogP contribution in [0.4, 0.5) is 0 Å². The minimum absolute atomic E-state index is 0.107. The summed E-state index contributed by atoms with van der Waals surface area (Å²) in [6.45, 7) is 3.21. The summed E-state index contributed by atoms with van der Waals surface area (Å²) in [5.74, 6) is -0.972. The third kappa shape index (κ3) is 3.57. The lowest BCUT2D eigenvalue weighted by molar-refractivity contribution is -0.132. The van der Waals surface area contributed by atoms with Crippen LogP contribution in [0.25, 0.3) is 0 Å². The Morgan fingerprint density at radius 1 is 1.55 bits per heavy atom. The molecule has 11 heavy (non-hydrogen) atoms. The zero-order valence-electron chi connectivity index (χ0n) is 6.66. The lowest BCUT2D eigenvalue weighted by atomic mass is 10.2. The third-order valence-corrected chi connectivity index (χ3v) is 1.21. The predicted octanol–water partition coefficient (Wildman–Crippen LogP) is 0.956. The van der Waals surface area contributed by atoms with Crippen LogP contribution in [-0.4, -0.2) is 22.8 Å². The molecule has 0 fully saturated rings. The number of allylic oxidation sites excluding steroid dienone is 1. The van der Waals surface area contributed by atoms with Crippen LogP contribution in [0.5, 0.6) is 0 Å². The minimum Gasteiger partial charge on any atom is -0.478 e. The molecular weight excluding hydrogens is 144 g/mol. The van der Waals surface area contributed by atoms with Gasteiger partial charge in [0.25, 0.3) is 0 Å². The van der Waals surface area contributed by atoms with E-state index in [4.69, 9.17) is 10.2 Å². The number of aliphatic hydroxyl groups is 1. The van der Waals surface area contributed by atoms with E-state index in [0.29, 0.717) is 5.57 Å². The lowest BCUT2D eigenvalue weighted by Crippen LogP contribution is -1.98. The monoisotopic (exact) mass is 156 g/mol. The fraction of sp³-hybridized carbons (Fsp3) is 0.375. The molecule has 62 valence electrons. The van der Waals surface area contributed by atoms with Crippen molar-refractivity contribution in [3.05, 3.63) is 23.3 Å². The fourth-order valence-corrected chi connectivity index (χ4v) is 0.580. The van der Waals surface area contributed by atoms with Crippen molar-refractivity contribution < 1.29 is 15.0 Å². The van der Waals surface area contributed by atoms with E-state index in [2.05, 4.69) is 0 Å². The summed E-state index contributed by atoms with van der Waals surface area (Å²) in [7, 11) is 0. The maximum Gasteiger partial charge on any atom is 0.335 e. The summed E-state index contributed by atoms with van der Waals surface area (Å²) in [6, 6.07) is 0. The molecule has 0 aromatic carbocycles. The molecule has 0 spiro atoms. The Kier molecular flexibility index (Phi) is 4.22. The van der Waals surface area contributed by atoms with Crippen LogP contribution in [0.15, 0.2) is 23.3 Å². The predicted molar refractivity (Wildman–Crippen MR) is 42.2 cm³/mol. The average Bonchev–Trinajstić information content (AvgIpc) is 1.99. The van der Waals surface area contributed by atoms with Crippen molar-refractivity contribution in [2.75, 3.05) is 6.61 Å². The van der Waals surface area contributed by atoms with Crippen molar-refractivity contribution >= 4 is 5.97 Å². The van der Waals surface area contributed by atoms with E-state index < -0.39 is 5.97 Å². The molecule has 0 aromatic rings. The van der Waals surface area contributed by atoms with Crippen LogP contribution in [0.1, 0.15) is 13.8 Å². The van der Waals surface area contributed by atoms with Gasteiger partial charge in [-0.2, -0.15) is 0 Å². The van der Waals surface area contributed by atoms with Crippen molar-refractivity contribution in [2.45, 2.75) is 13.8 Å². The van der Waals surface area contributed by atoms with E-state index in [9.17, 15) is 4.79 Å². The van der Waals surface area contributed by atoms with E-state index in [1.54, 1.807) is 13.8 Å². The lowest BCUT2D eigenvalue weighted by Gasteiger charge is -1.95. The molecule has 0 atom stereocenters. The Labute approximate surface area is 65.7 Å². The van der Waals surface area contributed by atoms with E-state index in [1.165, 1.54) is 12.2 Å². The first-order chi connectivity index (χ1) is 5.11. The van der Waals surface area contributed by atoms with Gasteiger partial charge in [-0.15, -0.1) is 0 Å². The number of carboxylic acid groups (broad SMARTS) is 1. The quantitative estimate of drug-likeness (QED) is 0.472. The van der Waals surface area contributed by atoms with Crippen LogP contribution in [-0.2, 0) is 4.79 Å². The number of rotatable bonds is 3. The molecule has 0 unspecified atom stereocenters. The van der Waals surface area contributed by atoms with Gasteiger partial charge in [0.2, 0.25) is 0 Å². The van der Waals surface area contributed by atoms with Gasteiger partial charge in [-0.25, -0.2) is 4.79 Å². The molecule has 3 nitrogen and oxygen atoms in total. The van der Waals surface area contributed by atoms with Gasteiger partial charge in [0.15, 0.2) is 0 Å². The van der Waals surface area contributed by atoms with Crippen molar-refractivity contribution in [1.29, 1.82) is 0 Å². The maximum absolute atomic E-state index is 10.4. The second-order valence-electron chi connectivity index (χ2n) is 2.20. The van der Waals surface area contributed by atoms with Crippen LogP contribution in [0.2, 0.25) is 0 Å². The molecule has 0 aliphatic heterocycles. The van der Waals surface area contributed by atoms with E-state index in [-0.39, 0.29) is 12.2 Å². The molecule has 0 rings (SSSR count). The van der Waals surface area contributed by atoms with Crippen molar-refractivity contribution in [1.82, 2.24) is 0 Å². The van der Waals surface area contributed by atoms with Gasteiger partial charge >= 0.3 is 5.97 Å². The summed E-state index contributed by atoms with van der Waals surface area (Å²) in [6.07, 6.45) is 2.93. The minimum atomic E-state index is -0.972. The first-order valence-corrected chi connectivity index (χ1v) is 3.29. The molecule has 0 heterocycles. The van der Waals surface area contributed by atoms with Gasteiger partial charge in [-0.05, 0) is 25.5 Å². The summed E-state index contributed by atoms with van der Waals surface area (Å²) in [4.78, 5) is 10.4. The van der Waals surface area contributed by atoms with Gasteiger partial charge in [0.05, 0.1) is 12.2 Å². The largest absolute Gasteiger partial charge is 0.478 e. The highest BCUT2D eigenvalue weighted by Gasteiger charge is 2.01. The fourth-order valence-electron chi connectivity index (χ4n) is 0.580.